The first-order valence-electron chi connectivity index (χ1n) is 10.6. The van der Waals surface area contributed by atoms with Gasteiger partial charge >= 0.3 is 0 Å². The third-order valence-corrected chi connectivity index (χ3v) is 5.55. The summed E-state index contributed by atoms with van der Waals surface area (Å²) in [7, 11) is 0. The second-order valence-corrected chi connectivity index (χ2v) is 8.82. The fraction of sp³-hybridized carbons (Fsp3) is 0.143. The summed E-state index contributed by atoms with van der Waals surface area (Å²) in [4.78, 5) is 11.6. The fourth-order valence-corrected chi connectivity index (χ4v) is 3.80. The van der Waals surface area contributed by atoms with E-state index in [1.54, 1.807) is 12.1 Å². The van der Waals surface area contributed by atoms with E-state index in [1.807, 2.05) is 54.6 Å². The van der Waals surface area contributed by atoms with Gasteiger partial charge in [-0.1, -0.05) is 106 Å². The van der Waals surface area contributed by atoms with Crippen LogP contribution in [0.25, 0.3) is 22.3 Å². The summed E-state index contributed by atoms with van der Waals surface area (Å²) in [5, 5.41) is 15.4. The van der Waals surface area contributed by atoms with Crippen LogP contribution < -0.4 is 5.32 Å². The van der Waals surface area contributed by atoms with Gasteiger partial charge < -0.3 is 5.32 Å². The Hall–Kier alpha value is -3.92. The zero-order chi connectivity index (χ0) is 22.7. The molecule has 0 atom stereocenters. The predicted octanol–water partition coefficient (Wildman–Crippen LogP) is 7.97. The van der Waals surface area contributed by atoms with Crippen LogP contribution in [0, 0.1) is 10.1 Å². The molecular weight excluding hydrogens is 396 g/mol. The molecule has 0 spiro atoms. The quantitative estimate of drug-likeness (QED) is 0.262. The smallest absolute Gasteiger partial charge is 0.293 e. The van der Waals surface area contributed by atoms with Gasteiger partial charge in [0, 0.05) is 22.9 Å². The lowest BCUT2D eigenvalue weighted by molar-refractivity contribution is -0.383. The Balaban J connectivity index is 1.93. The summed E-state index contributed by atoms with van der Waals surface area (Å²) in [6.07, 6.45) is 0. The Bertz CT molecular complexity index is 1240. The van der Waals surface area contributed by atoms with Gasteiger partial charge in [-0.05, 0) is 28.2 Å². The van der Waals surface area contributed by atoms with E-state index < -0.39 is 0 Å². The fourth-order valence-electron chi connectivity index (χ4n) is 3.80. The van der Waals surface area contributed by atoms with Crippen LogP contribution in [0.4, 0.5) is 17.1 Å². The SMILES string of the molecule is CC(C)(C)c1ccc(-c2ccccc2)c(Nc2c(-c3ccccc3)cccc2[N+](=O)[O-])c1. The molecule has 0 bridgehead atoms. The molecule has 0 fully saturated rings. The summed E-state index contributed by atoms with van der Waals surface area (Å²) < 4.78 is 0. The van der Waals surface area contributed by atoms with Gasteiger partial charge in [-0.25, -0.2) is 0 Å². The molecule has 32 heavy (non-hydrogen) atoms. The zero-order valence-electron chi connectivity index (χ0n) is 18.5. The van der Waals surface area contributed by atoms with E-state index in [1.165, 1.54) is 0 Å². The minimum absolute atomic E-state index is 0.0477. The minimum atomic E-state index is -0.329. The van der Waals surface area contributed by atoms with Crippen LogP contribution in [-0.4, -0.2) is 4.92 Å². The maximum absolute atomic E-state index is 11.9. The van der Waals surface area contributed by atoms with E-state index in [4.69, 9.17) is 0 Å². The topological polar surface area (TPSA) is 55.2 Å². The first kappa shape index (κ1) is 21.3. The highest BCUT2D eigenvalue weighted by molar-refractivity contribution is 5.91. The van der Waals surface area contributed by atoms with E-state index >= 15 is 0 Å². The average molecular weight is 423 g/mol. The Morgan fingerprint density at radius 2 is 1.31 bits per heavy atom. The number of nitro benzene ring substituents is 1. The van der Waals surface area contributed by atoms with E-state index in [0.717, 1.165) is 33.5 Å². The molecular formula is C28H26N2O2. The van der Waals surface area contributed by atoms with Crippen molar-refractivity contribution in [2.45, 2.75) is 26.2 Å². The highest BCUT2D eigenvalue weighted by Crippen LogP contribution is 2.41. The number of nitrogens with one attached hydrogen (secondary N) is 1. The lowest BCUT2D eigenvalue weighted by Crippen LogP contribution is -2.11. The molecule has 1 N–H and O–H groups in total. The summed E-state index contributed by atoms with van der Waals surface area (Å²) in [5.41, 5.74) is 6.24. The number of nitrogens with zero attached hydrogens (tertiary/aromatic N) is 1. The molecule has 0 radical (unpaired) electrons. The third kappa shape index (κ3) is 4.40. The summed E-state index contributed by atoms with van der Waals surface area (Å²) in [6, 6.07) is 31.3. The van der Waals surface area contributed by atoms with Gasteiger partial charge in [0.05, 0.1) is 4.92 Å². The maximum atomic E-state index is 11.9. The van der Waals surface area contributed by atoms with Crippen LogP contribution in [0.15, 0.2) is 97.1 Å². The third-order valence-electron chi connectivity index (χ3n) is 5.55. The van der Waals surface area contributed by atoms with Crippen molar-refractivity contribution in [1.29, 1.82) is 0 Å². The van der Waals surface area contributed by atoms with E-state index in [-0.39, 0.29) is 16.0 Å². The van der Waals surface area contributed by atoms with Gasteiger partial charge in [-0.15, -0.1) is 0 Å². The number of benzene rings is 4. The Kier molecular flexibility index (Phi) is 5.78. The normalized spacial score (nSPS) is 11.2. The van der Waals surface area contributed by atoms with E-state index in [2.05, 4.69) is 56.4 Å². The van der Waals surface area contributed by atoms with Crippen molar-refractivity contribution in [2.75, 3.05) is 5.32 Å². The van der Waals surface area contributed by atoms with Crippen molar-refractivity contribution in [3.05, 3.63) is 113 Å². The largest absolute Gasteiger partial charge is 0.349 e. The van der Waals surface area contributed by atoms with Crippen molar-refractivity contribution >= 4 is 17.1 Å². The van der Waals surface area contributed by atoms with Crippen LogP contribution in [0.5, 0.6) is 0 Å². The first-order chi connectivity index (χ1) is 15.3. The number of hydrogen-bond acceptors (Lipinski definition) is 3. The van der Waals surface area contributed by atoms with Crippen molar-refractivity contribution in [3.63, 3.8) is 0 Å². The van der Waals surface area contributed by atoms with Crippen LogP contribution in [0.3, 0.4) is 0 Å². The molecule has 4 rings (SSSR count). The van der Waals surface area contributed by atoms with Crippen molar-refractivity contribution in [1.82, 2.24) is 0 Å². The Morgan fingerprint density at radius 3 is 1.88 bits per heavy atom. The second-order valence-electron chi connectivity index (χ2n) is 8.82. The summed E-state index contributed by atoms with van der Waals surface area (Å²) in [5.74, 6) is 0. The van der Waals surface area contributed by atoms with E-state index in [0.29, 0.717) is 5.69 Å². The van der Waals surface area contributed by atoms with Gasteiger partial charge in [0.2, 0.25) is 0 Å². The molecule has 0 aliphatic rings. The molecule has 4 aromatic carbocycles. The molecule has 0 amide bonds. The van der Waals surface area contributed by atoms with Gasteiger partial charge in [0.25, 0.3) is 5.69 Å². The molecule has 0 aromatic heterocycles. The molecule has 4 nitrogen and oxygen atoms in total. The van der Waals surface area contributed by atoms with Crippen LogP contribution >= 0.6 is 0 Å². The van der Waals surface area contributed by atoms with Gasteiger partial charge in [0.15, 0.2) is 0 Å². The van der Waals surface area contributed by atoms with Crippen LogP contribution in [-0.2, 0) is 5.41 Å². The molecule has 0 aliphatic carbocycles. The molecule has 4 aromatic rings. The number of hydrogen-bond donors (Lipinski definition) is 1. The molecule has 160 valence electrons. The second kappa shape index (κ2) is 8.67. The first-order valence-corrected chi connectivity index (χ1v) is 10.6. The predicted molar refractivity (Wildman–Crippen MR) is 132 cm³/mol. The average Bonchev–Trinajstić information content (AvgIpc) is 2.79. The molecule has 4 heteroatoms. The molecule has 0 saturated carbocycles. The zero-order valence-corrected chi connectivity index (χ0v) is 18.5. The van der Waals surface area contributed by atoms with Crippen molar-refractivity contribution in [3.8, 4) is 22.3 Å². The highest BCUT2D eigenvalue weighted by atomic mass is 16.6. The number of nitro groups is 1. The van der Waals surface area contributed by atoms with Gasteiger partial charge in [-0.3, -0.25) is 10.1 Å². The Morgan fingerprint density at radius 1 is 0.719 bits per heavy atom. The lowest BCUT2D eigenvalue weighted by atomic mass is 9.85. The number of para-hydroxylation sites is 1. The van der Waals surface area contributed by atoms with Crippen LogP contribution in [0.1, 0.15) is 26.3 Å². The molecule has 0 saturated heterocycles. The van der Waals surface area contributed by atoms with Crippen LogP contribution in [0.2, 0.25) is 0 Å². The number of rotatable bonds is 5. The highest BCUT2D eigenvalue weighted by Gasteiger charge is 2.22. The van der Waals surface area contributed by atoms with Crippen molar-refractivity contribution < 1.29 is 4.92 Å². The molecule has 0 aliphatic heterocycles. The summed E-state index contributed by atoms with van der Waals surface area (Å²) in [6.45, 7) is 6.48. The number of anilines is 2. The summed E-state index contributed by atoms with van der Waals surface area (Å²) >= 11 is 0. The van der Waals surface area contributed by atoms with Gasteiger partial charge in [0.1, 0.15) is 5.69 Å². The Labute approximate surface area is 188 Å². The van der Waals surface area contributed by atoms with E-state index in [9.17, 15) is 10.1 Å². The van der Waals surface area contributed by atoms with Crippen molar-refractivity contribution in [2.24, 2.45) is 0 Å². The maximum Gasteiger partial charge on any atom is 0.293 e. The monoisotopic (exact) mass is 422 g/mol. The lowest BCUT2D eigenvalue weighted by Gasteiger charge is -2.23. The standard InChI is InChI=1S/C28H26N2O2/c1-28(2,3)22-17-18-23(20-11-6-4-7-12-20)25(19-22)29-27-24(21-13-8-5-9-14-21)15-10-16-26(27)30(31)32/h4-19,29H,1-3H3. The molecule has 0 heterocycles. The van der Waals surface area contributed by atoms with Gasteiger partial charge in [-0.2, -0.15) is 0 Å². The molecule has 0 unspecified atom stereocenters. The minimum Gasteiger partial charge on any atom is -0.349 e.